The summed E-state index contributed by atoms with van der Waals surface area (Å²) < 4.78 is 6.16. The normalized spacial score (nSPS) is 18.1. The molecule has 1 aromatic carbocycles. The van der Waals surface area contributed by atoms with Crippen molar-refractivity contribution in [2.75, 3.05) is 33.8 Å². The highest BCUT2D eigenvalue weighted by molar-refractivity contribution is 5.87. The van der Waals surface area contributed by atoms with Crippen LogP contribution in [-0.4, -0.2) is 71.0 Å². The number of likely N-dealkylation sites (N-methyl/N-ethyl adjacent to an activating group) is 1. The number of carbonyl (C=O) groups excluding carboxylic acids is 2. The van der Waals surface area contributed by atoms with Crippen molar-refractivity contribution >= 4 is 11.8 Å². The molecule has 7 heteroatoms. The van der Waals surface area contributed by atoms with Gasteiger partial charge in [0.2, 0.25) is 5.91 Å². The lowest BCUT2D eigenvalue weighted by molar-refractivity contribution is -0.172. The number of hydrogen-bond donors (Lipinski definition) is 0. The number of rotatable bonds is 6. The quantitative estimate of drug-likeness (QED) is 0.584. The van der Waals surface area contributed by atoms with E-state index in [4.69, 9.17) is 4.74 Å². The minimum atomic E-state index is -1.14. The Morgan fingerprint density at radius 3 is 2.52 bits per heavy atom. The first-order valence-electron chi connectivity index (χ1n) is 11.0. The number of hydrogen-bond acceptors (Lipinski definition) is 5. The minimum absolute atomic E-state index is 0.0345. The topological polar surface area (TPSA) is 75.6 Å². The Balaban J connectivity index is 1.59. The molecular formula is C26H28N4O3. The van der Waals surface area contributed by atoms with Gasteiger partial charge in [0.05, 0.1) is 19.6 Å². The summed E-state index contributed by atoms with van der Waals surface area (Å²) in [6, 6.07) is 15.7. The Labute approximate surface area is 194 Å². The average Bonchev–Trinajstić information content (AvgIpc) is 2.85. The first-order valence-corrected chi connectivity index (χ1v) is 11.0. The van der Waals surface area contributed by atoms with E-state index in [1.54, 1.807) is 48.7 Å². The van der Waals surface area contributed by atoms with Crippen LogP contribution < -0.4 is 0 Å². The molecule has 1 saturated heterocycles. The van der Waals surface area contributed by atoms with Gasteiger partial charge >= 0.3 is 0 Å². The highest BCUT2D eigenvalue weighted by atomic mass is 16.5. The summed E-state index contributed by atoms with van der Waals surface area (Å²) in [5.74, 6) is -0.177. The zero-order valence-electron chi connectivity index (χ0n) is 19.0. The molecule has 3 aromatic rings. The largest absolute Gasteiger partial charge is 0.361 e. The monoisotopic (exact) mass is 444 g/mol. The predicted molar refractivity (Wildman–Crippen MR) is 125 cm³/mol. The number of aromatic nitrogens is 2. The third-order valence-corrected chi connectivity index (χ3v) is 5.84. The van der Waals surface area contributed by atoms with Gasteiger partial charge in [0, 0.05) is 51.8 Å². The van der Waals surface area contributed by atoms with Crippen molar-refractivity contribution in [3.05, 3.63) is 84.4 Å². The van der Waals surface area contributed by atoms with Gasteiger partial charge in [0.1, 0.15) is 0 Å². The summed E-state index contributed by atoms with van der Waals surface area (Å²) >= 11 is 0. The molecule has 0 bridgehead atoms. The van der Waals surface area contributed by atoms with Gasteiger partial charge < -0.3 is 14.5 Å². The van der Waals surface area contributed by atoms with Crippen molar-refractivity contribution in [3.8, 4) is 11.1 Å². The van der Waals surface area contributed by atoms with Crippen molar-refractivity contribution < 1.29 is 14.3 Å². The van der Waals surface area contributed by atoms with Crippen LogP contribution in [0.25, 0.3) is 11.1 Å². The standard InChI is InChI=1S/C26H28N4O3/c1-29(2)25(32)26(17-20-5-3-7-23(15-20)22-8-11-27-12-9-22)19-30(13-14-33-26)24(31)16-21-6-4-10-28-18-21/h3-12,15,18H,13-14,16-17,19H2,1-2H3. The Hall–Kier alpha value is -3.58. The van der Waals surface area contributed by atoms with Crippen molar-refractivity contribution in [2.24, 2.45) is 0 Å². The highest BCUT2D eigenvalue weighted by Crippen LogP contribution is 2.28. The second-order valence-corrected chi connectivity index (χ2v) is 8.51. The summed E-state index contributed by atoms with van der Waals surface area (Å²) in [6.07, 6.45) is 7.52. The summed E-state index contributed by atoms with van der Waals surface area (Å²) in [7, 11) is 3.44. The van der Waals surface area contributed by atoms with Gasteiger partial charge in [-0.05, 0) is 40.5 Å². The Kier molecular flexibility index (Phi) is 6.79. The van der Waals surface area contributed by atoms with Crippen LogP contribution in [0.5, 0.6) is 0 Å². The predicted octanol–water partition coefficient (Wildman–Crippen LogP) is 2.61. The van der Waals surface area contributed by atoms with Crippen LogP contribution in [0, 0.1) is 0 Å². The smallest absolute Gasteiger partial charge is 0.256 e. The average molecular weight is 445 g/mol. The molecule has 1 aliphatic heterocycles. The van der Waals surface area contributed by atoms with Crippen LogP contribution in [0.15, 0.2) is 73.3 Å². The fourth-order valence-electron chi connectivity index (χ4n) is 4.24. The second kappa shape index (κ2) is 9.92. The van der Waals surface area contributed by atoms with Gasteiger partial charge in [0.15, 0.2) is 5.60 Å². The van der Waals surface area contributed by atoms with E-state index in [-0.39, 0.29) is 24.8 Å². The fraction of sp³-hybridized carbons (Fsp3) is 0.308. The third kappa shape index (κ3) is 5.26. The van der Waals surface area contributed by atoms with Crippen LogP contribution in [-0.2, 0) is 27.2 Å². The summed E-state index contributed by atoms with van der Waals surface area (Å²) in [6.45, 7) is 0.976. The number of morpholine rings is 1. The van der Waals surface area contributed by atoms with Crippen molar-refractivity contribution in [1.29, 1.82) is 0 Å². The highest BCUT2D eigenvalue weighted by Gasteiger charge is 2.46. The number of pyridine rings is 2. The molecule has 0 N–H and O–H groups in total. The molecule has 0 radical (unpaired) electrons. The first-order chi connectivity index (χ1) is 16.0. The molecule has 2 amide bonds. The van der Waals surface area contributed by atoms with Crippen LogP contribution in [0.3, 0.4) is 0 Å². The summed E-state index contributed by atoms with van der Waals surface area (Å²) in [5, 5.41) is 0. The van der Waals surface area contributed by atoms with Gasteiger partial charge in [0.25, 0.3) is 5.91 Å². The lowest BCUT2D eigenvalue weighted by Crippen LogP contribution is -2.62. The number of benzene rings is 1. The number of carbonyl (C=O) groups is 2. The Morgan fingerprint density at radius 2 is 1.79 bits per heavy atom. The molecule has 3 heterocycles. The van der Waals surface area contributed by atoms with Crippen molar-refractivity contribution in [1.82, 2.24) is 19.8 Å². The first kappa shape index (κ1) is 22.6. The zero-order chi connectivity index (χ0) is 23.3. The molecular weight excluding hydrogens is 416 g/mol. The molecule has 7 nitrogen and oxygen atoms in total. The minimum Gasteiger partial charge on any atom is -0.361 e. The Bertz CT molecular complexity index is 1100. The van der Waals surface area contributed by atoms with Crippen molar-refractivity contribution in [2.45, 2.75) is 18.4 Å². The van der Waals surface area contributed by atoms with E-state index in [2.05, 4.69) is 16.0 Å². The van der Waals surface area contributed by atoms with Crippen molar-refractivity contribution in [3.63, 3.8) is 0 Å². The zero-order valence-corrected chi connectivity index (χ0v) is 19.0. The molecule has 0 aliphatic carbocycles. The lowest BCUT2D eigenvalue weighted by atomic mass is 9.89. The maximum absolute atomic E-state index is 13.4. The lowest BCUT2D eigenvalue weighted by Gasteiger charge is -2.43. The van der Waals surface area contributed by atoms with Gasteiger partial charge in [-0.3, -0.25) is 19.6 Å². The molecule has 33 heavy (non-hydrogen) atoms. The van der Waals surface area contributed by atoms with E-state index in [1.807, 2.05) is 42.5 Å². The van der Waals surface area contributed by atoms with E-state index in [0.717, 1.165) is 22.3 Å². The molecule has 1 atom stereocenters. The summed E-state index contributed by atoms with van der Waals surface area (Å²) in [5.41, 5.74) is 2.79. The molecule has 170 valence electrons. The second-order valence-electron chi connectivity index (χ2n) is 8.51. The van der Waals surface area contributed by atoms with Gasteiger partial charge in [-0.2, -0.15) is 0 Å². The van der Waals surface area contributed by atoms with Gasteiger partial charge in [-0.1, -0.05) is 30.3 Å². The maximum Gasteiger partial charge on any atom is 0.256 e. The molecule has 4 rings (SSSR count). The SMILES string of the molecule is CN(C)C(=O)C1(Cc2cccc(-c3ccncc3)c2)CN(C(=O)Cc2cccnc2)CCO1. The maximum atomic E-state index is 13.4. The third-order valence-electron chi connectivity index (χ3n) is 5.84. The van der Waals surface area contributed by atoms with Crippen LogP contribution >= 0.6 is 0 Å². The van der Waals surface area contributed by atoms with Crippen LogP contribution in [0.1, 0.15) is 11.1 Å². The molecule has 1 unspecified atom stereocenters. The van der Waals surface area contributed by atoms with E-state index in [9.17, 15) is 9.59 Å². The molecule has 1 aliphatic rings. The number of nitrogens with zero attached hydrogens (tertiary/aromatic N) is 4. The number of ether oxygens (including phenoxy) is 1. The Morgan fingerprint density at radius 1 is 1.00 bits per heavy atom. The fourth-order valence-corrected chi connectivity index (χ4v) is 4.24. The molecule has 1 fully saturated rings. The molecule has 0 spiro atoms. The van der Waals surface area contributed by atoms with Gasteiger partial charge in [-0.15, -0.1) is 0 Å². The van der Waals surface area contributed by atoms with Gasteiger partial charge in [-0.25, -0.2) is 0 Å². The van der Waals surface area contributed by atoms with E-state index in [0.29, 0.717) is 19.6 Å². The van der Waals surface area contributed by atoms with Crippen LogP contribution in [0.4, 0.5) is 0 Å². The van der Waals surface area contributed by atoms with E-state index in [1.165, 1.54) is 0 Å². The van der Waals surface area contributed by atoms with E-state index >= 15 is 0 Å². The number of amides is 2. The van der Waals surface area contributed by atoms with E-state index < -0.39 is 5.60 Å². The molecule has 0 saturated carbocycles. The van der Waals surface area contributed by atoms with Crippen LogP contribution in [0.2, 0.25) is 0 Å². The molecule has 2 aromatic heterocycles. The summed E-state index contributed by atoms with van der Waals surface area (Å²) in [4.78, 5) is 37.9.